The first-order valence-electron chi connectivity index (χ1n) is 9.32. The van der Waals surface area contributed by atoms with Crippen molar-refractivity contribution in [1.29, 1.82) is 0 Å². The van der Waals surface area contributed by atoms with Crippen molar-refractivity contribution in [2.75, 3.05) is 17.3 Å². The number of hydrogen-bond donors (Lipinski definition) is 2. The average molecular weight is 514 g/mol. The Morgan fingerprint density at radius 1 is 1.00 bits per heavy atom. The van der Waals surface area contributed by atoms with Crippen molar-refractivity contribution >= 4 is 50.8 Å². The number of hydrogen-bond acceptors (Lipinski definition) is 8. The van der Waals surface area contributed by atoms with Crippen LogP contribution in [-0.2, 0) is 4.79 Å². The summed E-state index contributed by atoms with van der Waals surface area (Å²) in [5, 5.41) is 28.6. The van der Waals surface area contributed by atoms with Crippen LogP contribution in [0.4, 0.5) is 22.7 Å². The molecule has 0 unspecified atom stereocenters. The van der Waals surface area contributed by atoms with Crippen LogP contribution in [0.5, 0.6) is 5.75 Å². The number of rotatable bonds is 9. The fraction of sp³-hybridized carbons (Fsp3) is 0.0476. The summed E-state index contributed by atoms with van der Waals surface area (Å²) < 4.78 is 6.36. The molecule has 0 fully saturated rings. The lowest BCUT2D eigenvalue weighted by Gasteiger charge is -2.08. The van der Waals surface area contributed by atoms with Crippen LogP contribution in [0, 0.1) is 20.2 Å². The number of benzene rings is 3. The van der Waals surface area contributed by atoms with Crippen LogP contribution in [-0.4, -0.2) is 28.6 Å². The van der Waals surface area contributed by atoms with Crippen molar-refractivity contribution in [3.8, 4) is 5.75 Å². The van der Waals surface area contributed by atoms with Crippen molar-refractivity contribution in [2.24, 2.45) is 5.10 Å². The van der Waals surface area contributed by atoms with E-state index in [0.29, 0.717) is 17.0 Å². The molecular formula is C21H16BrN5O6. The molecule has 0 aromatic heterocycles. The van der Waals surface area contributed by atoms with Gasteiger partial charge in [0.2, 0.25) is 0 Å². The van der Waals surface area contributed by atoms with Crippen LogP contribution in [0.3, 0.4) is 0 Å². The van der Waals surface area contributed by atoms with Crippen LogP contribution < -0.4 is 15.5 Å². The molecule has 168 valence electrons. The number of anilines is 2. The summed E-state index contributed by atoms with van der Waals surface area (Å²) in [5.74, 6) is 0.161. The third kappa shape index (κ3) is 6.83. The maximum atomic E-state index is 12.0. The van der Waals surface area contributed by atoms with E-state index >= 15 is 0 Å². The summed E-state index contributed by atoms with van der Waals surface area (Å²) in [6, 6.07) is 17.0. The molecule has 12 heteroatoms. The van der Waals surface area contributed by atoms with Crippen molar-refractivity contribution in [3.63, 3.8) is 0 Å². The molecule has 3 rings (SSSR count). The van der Waals surface area contributed by atoms with Crippen molar-refractivity contribution in [1.82, 2.24) is 0 Å². The quantitative estimate of drug-likeness (QED) is 0.238. The third-order valence-corrected chi connectivity index (χ3v) is 4.69. The summed E-state index contributed by atoms with van der Waals surface area (Å²) in [4.78, 5) is 32.5. The van der Waals surface area contributed by atoms with E-state index < -0.39 is 21.2 Å². The molecular weight excluding hydrogens is 498 g/mol. The Hall–Kier alpha value is -4.32. The molecule has 2 N–H and O–H groups in total. The summed E-state index contributed by atoms with van der Waals surface area (Å²) in [6.45, 7) is -0.172. The molecule has 0 saturated heterocycles. The first-order valence-corrected chi connectivity index (χ1v) is 10.1. The maximum Gasteiger partial charge on any atom is 0.301 e. The zero-order chi connectivity index (χ0) is 23.8. The average Bonchev–Trinajstić information content (AvgIpc) is 2.80. The predicted octanol–water partition coefficient (Wildman–Crippen LogP) is 4.73. The lowest BCUT2D eigenvalue weighted by Crippen LogP contribution is -2.20. The van der Waals surface area contributed by atoms with Crippen molar-refractivity contribution < 1.29 is 19.4 Å². The molecule has 11 nitrogen and oxygen atoms in total. The van der Waals surface area contributed by atoms with Crippen LogP contribution >= 0.6 is 15.9 Å². The summed E-state index contributed by atoms with van der Waals surface area (Å²) >= 11 is 3.32. The Morgan fingerprint density at radius 3 is 2.33 bits per heavy atom. The Morgan fingerprint density at radius 2 is 1.70 bits per heavy atom. The van der Waals surface area contributed by atoms with Crippen LogP contribution in [0.2, 0.25) is 0 Å². The van der Waals surface area contributed by atoms with Gasteiger partial charge in [-0.3, -0.25) is 30.4 Å². The van der Waals surface area contributed by atoms with E-state index in [1.54, 1.807) is 36.4 Å². The molecule has 1 amide bonds. The van der Waals surface area contributed by atoms with Crippen LogP contribution in [0.1, 0.15) is 5.56 Å². The highest BCUT2D eigenvalue weighted by atomic mass is 79.9. The molecule has 0 aliphatic heterocycles. The number of nitro groups is 2. The molecule has 0 spiro atoms. The molecule has 0 bridgehead atoms. The lowest BCUT2D eigenvalue weighted by atomic mass is 10.2. The number of amides is 1. The summed E-state index contributed by atoms with van der Waals surface area (Å²) in [6.07, 6.45) is 1.41. The fourth-order valence-electron chi connectivity index (χ4n) is 2.58. The second kappa shape index (κ2) is 10.8. The van der Waals surface area contributed by atoms with E-state index in [1.165, 1.54) is 12.3 Å². The van der Waals surface area contributed by atoms with E-state index in [4.69, 9.17) is 4.74 Å². The van der Waals surface area contributed by atoms with Gasteiger partial charge in [0.15, 0.2) is 6.61 Å². The summed E-state index contributed by atoms with van der Waals surface area (Å²) in [5.41, 5.74) is 2.97. The monoisotopic (exact) mass is 513 g/mol. The van der Waals surface area contributed by atoms with E-state index in [9.17, 15) is 25.0 Å². The van der Waals surface area contributed by atoms with Gasteiger partial charge in [0.05, 0.1) is 22.1 Å². The minimum Gasteiger partial charge on any atom is -0.484 e. The second-order valence-corrected chi connectivity index (χ2v) is 7.41. The Balaban J connectivity index is 1.54. The molecule has 3 aromatic rings. The molecule has 0 saturated carbocycles. The van der Waals surface area contributed by atoms with E-state index in [2.05, 4.69) is 31.8 Å². The summed E-state index contributed by atoms with van der Waals surface area (Å²) in [7, 11) is 0. The fourth-order valence-corrected chi connectivity index (χ4v) is 2.85. The number of halogens is 1. The van der Waals surface area contributed by atoms with Crippen LogP contribution in [0.25, 0.3) is 0 Å². The molecule has 33 heavy (non-hydrogen) atoms. The zero-order valence-corrected chi connectivity index (χ0v) is 18.4. The number of carbonyl (C=O) groups excluding carboxylic acids is 1. The second-order valence-electron chi connectivity index (χ2n) is 6.50. The number of hydrazone groups is 1. The minimum atomic E-state index is -0.732. The van der Waals surface area contributed by atoms with Crippen molar-refractivity contribution in [2.45, 2.75) is 0 Å². The smallest absolute Gasteiger partial charge is 0.301 e. The van der Waals surface area contributed by atoms with E-state index in [-0.39, 0.29) is 18.2 Å². The van der Waals surface area contributed by atoms with Gasteiger partial charge < -0.3 is 10.1 Å². The standard InChI is InChI=1S/C21H16BrN5O6/c22-15-3-5-16(6-4-15)24-21(28)13-33-18-8-1-14(2-9-18)12-23-25-19-10-7-17(26(29)30)11-20(19)27(31)32/h1-12,25H,13H2,(H,24,28)/b23-12-. The van der Waals surface area contributed by atoms with Gasteiger partial charge in [0.1, 0.15) is 11.4 Å². The third-order valence-electron chi connectivity index (χ3n) is 4.17. The van der Waals surface area contributed by atoms with Gasteiger partial charge in [0.25, 0.3) is 11.6 Å². The van der Waals surface area contributed by atoms with Crippen molar-refractivity contribution in [3.05, 3.63) is 97.0 Å². The first-order chi connectivity index (χ1) is 15.8. The normalized spacial score (nSPS) is 10.6. The molecule has 0 aliphatic carbocycles. The highest BCUT2D eigenvalue weighted by Gasteiger charge is 2.19. The maximum absolute atomic E-state index is 12.0. The van der Waals surface area contributed by atoms with Gasteiger partial charge in [-0.25, -0.2) is 0 Å². The number of carbonyl (C=O) groups is 1. The highest BCUT2D eigenvalue weighted by molar-refractivity contribution is 9.10. The van der Waals surface area contributed by atoms with Gasteiger partial charge in [-0.1, -0.05) is 15.9 Å². The van der Waals surface area contributed by atoms with Gasteiger partial charge in [-0.15, -0.1) is 0 Å². The molecule has 0 heterocycles. The number of ether oxygens (including phenoxy) is 1. The Kier molecular flexibility index (Phi) is 7.65. The SMILES string of the molecule is O=C(COc1ccc(/C=N\Nc2ccc([N+](=O)[O-])cc2[N+](=O)[O-])cc1)Nc1ccc(Br)cc1. The van der Waals surface area contributed by atoms with E-state index in [1.807, 2.05) is 12.1 Å². The Labute approximate surface area is 195 Å². The zero-order valence-electron chi connectivity index (χ0n) is 16.8. The number of non-ortho nitro benzene ring substituents is 1. The molecule has 0 aliphatic rings. The van der Waals surface area contributed by atoms with E-state index in [0.717, 1.165) is 16.6 Å². The number of nitrogens with one attached hydrogen (secondary N) is 2. The minimum absolute atomic E-state index is 0.0126. The predicted molar refractivity (Wildman–Crippen MR) is 126 cm³/mol. The molecule has 3 aromatic carbocycles. The van der Waals surface area contributed by atoms with Gasteiger partial charge in [-0.05, 0) is 60.2 Å². The lowest BCUT2D eigenvalue weighted by molar-refractivity contribution is -0.393. The first kappa shape index (κ1) is 23.3. The number of nitro benzene ring substituents is 2. The Bertz CT molecular complexity index is 1200. The molecule has 0 atom stereocenters. The largest absolute Gasteiger partial charge is 0.484 e. The van der Waals surface area contributed by atoms with Gasteiger partial charge >= 0.3 is 5.69 Å². The number of nitrogens with zero attached hydrogens (tertiary/aromatic N) is 3. The molecule has 0 radical (unpaired) electrons. The highest BCUT2D eigenvalue weighted by Crippen LogP contribution is 2.28. The van der Waals surface area contributed by atoms with Gasteiger partial charge in [-0.2, -0.15) is 5.10 Å². The van der Waals surface area contributed by atoms with Crippen LogP contribution in [0.15, 0.2) is 76.3 Å². The topological polar surface area (TPSA) is 149 Å². The van der Waals surface area contributed by atoms with Gasteiger partial charge in [0, 0.05) is 16.2 Å².